The van der Waals surface area contributed by atoms with Gasteiger partial charge >= 0.3 is 0 Å². The molecule has 1 saturated heterocycles. The highest BCUT2D eigenvalue weighted by atomic mass is 16.5. The lowest BCUT2D eigenvalue weighted by atomic mass is 9.92. The molecule has 0 saturated carbocycles. The number of aryl methyl sites for hydroxylation is 1. The second-order valence-electron chi connectivity index (χ2n) is 6.74. The summed E-state index contributed by atoms with van der Waals surface area (Å²) in [6.45, 7) is 3.86. The molecule has 1 aromatic heterocycles. The molecule has 132 valence electrons. The summed E-state index contributed by atoms with van der Waals surface area (Å²) in [4.78, 5) is 11.1. The summed E-state index contributed by atoms with van der Waals surface area (Å²) in [6, 6.07) is 8.36. The fraction of sp³-hybridized carbons (Fsp3) is 0.474. The van der Waals surface area contributed by atoms with Crippen molar-refractivity contribution in [2.45, 2.75) is 24.9 Å². The number of aromatic nitrogens is 2. The third-order valence-corrected chi connectivity index (χ3v) is 5.24. The molecular weight excluding hydrogens is 316 g/mol. The van der Waals surface area contributed by atoms with Crippen molar-refractivity contribution in [2.24, 2.45) is 0 Å². The summed E-state index contributed by atoms with van der Waals surface area (Å²) in [5, 5.41) is 13.6. The zero-order chi connectivity index (χ0) is 17.1. The third kappa shape index (κ3) is 3.25. The van der Waals surface area contributed by atoms with Gasteiger partial charge in [-0.15, -0.1) is 0 Å². The van der Waals surface area contributed by atoms with Crippen LogP contribution in [-0.4, -0.2) is 48.0 Å². The Labute approximate surface area is 147 Å². The van der Waals surface area contributed by atoms with Gasteiger partial charge in [-0.3, -0.25) is 0 Å². The molecular formula is C19H24N4O2. The van der Waals surface area contributed by atoms with Gasteiger partial charge in [0.15, 0.2) is 0 Å². The van der Waals surface area contributed by atoms with E-state index in [4.69, 9.17) is 4.74 Å². The van der Waals surface area contributed by atoms with Crippen molar-refractivity contribution >= 4 is 5.95 Å². The predicted molar refractivity (Wildman–Crippen MR) is 95.4 cm³/mol. The van der Waals surface area contributed by atoms with Crippen LogP contribution in [0.15, 0.2) is 36.7 Å². The molecule has 2 N–H and O–H groups in total. The van der Waals surface area contributed by atoms with Crippen LogP contribution in [-0.2, 0) is 23.2 Å². The van der Waals surface area contributed by atoms with E-state index in [1.165, 1.54) is 11.1 Å². The zero-order valence-corrected chi connectivity index (χ0v) is 14.3. The summed E-state index contributed by atoms with van der Waals surface area (Å²) in [5.41, 5.74) is 3.19. The van der Waals surface area contributed by atoms with Crippen LogP contribution in [0.5, 0.6) is 0 Å². The number of nitrogens with one attached hydrogen (secondary N) is 1. The number of nitrogens with zero attached hydrogens (tertiary/aromatic N) is 3. The number of benzene rings is 1. The van der Waals surface area contributed by atoms with Crippen molar-refractivity contribution in [3.05, 3.63) is 53.3 Å². The maximum absolute atomic E-state index is 10.0. The smallest absolute Gasteiger partial charge is 0.225 e. The highest BCUT2D eigenvalue weighted by molar-refractivity contribution is 5.39. The summed E-state index contributed by atoms with van der Waals surface area (Å²) < 4.78 is 5.36. The van der Waals surface area contributed by atoms with Crippen LogP contribution in [0.4, 0.5) is 5.95 Å². The molecule has 25 heavy (non-hydrogen) atoms. The first-order valence-electron chi connectivity index (χ1n) is 8.89. The lowest BCUT2D eigenvalue weighted by Gasteiger charge is -2.30. The lowest BCUT2D eigenvalue weighted by molar-refractivity contribution is 0.122. The second-order valence-corrected chi connectivity index (χ2v) is 6.74. The molecule has 2 aromatic rings. The molecule has 1 aliphatic carbocycles. The van der Waals surface area contributed by atoms with Crippen molar-refractivity contribution < 1.29 is 9.84 Å². The van der Waals surface area contributed by atoms with Gasteiger partial charge in [-0.05, 0) is 24.0 Å². The maximum atomic E-state index is 10.0. The first kappa shape index (κ1) is 16.4. The van der Waals surface area contributed by atoms with Crippen LogP contribution < -0.4 is 10.2 Å². The van der Waals surface area contributed by atoms with E-state index in [-0.39, 0.29) is 12.1 Å². The molecule has 0 bridgehead atoms. The first-order chi connectivity index (χ1) is 12.3. The largest absolute Gasteiger partial charge is 0.394 e. The number of morpholine rings is 1. The monoisotopic (exact) mass is 340 g/mol. The molecule has 2 aliphatic rings. The van der Waals surface area contributed by atoms with Gasteiger partial charge in [0.25, 0.3) is 0 Å². The van der Waals surface area contributed by atoms with Crippen molar-refractivity contribution in [3.8, 4) is 0 Å². The van der Waals surface area contributed by atoms with Crippen LogP contribution in [0.3, 0.4) is 0 Å². The van der Waals surface area contributed by atoms with Crippen molar-refractivity contribution in [2.75, 3.05) is 37.8 Å². The van der Waals surface area contributed by atoms with Crippen LogP contribution >= 0.6 is 0 Å². The molecule has 4 rings (SSSR count). The predicted octanol–water partition coefficient (Wildman–Crippen LogP) is 1.24. The molecule has 1 aliphatic heterocycles. The highest BCUT2D eigenvalue weighted by Crippen LogP contribution is 2.36. The van der Waals surface area contributed by atoms with E-state index in [0.717, 1.165) is 50.7 Å². The quantitative estimate of drug-likeness (QED) is 0.853. The fourth-order valence-electron chi connectivity index (χ4n) is 3.73. The standard InChI is InChI=1S/C19H24N4O2/c24-14-19(6-5-16-3-1-2-4-17(16)19)22-13-15-11-20-18(21-12-15)23-7-9-25-10-8-23/h1-4,11-12,22,24H,5-10,13-14H2. The number of ether oxygens (including phenoxy) is 1. The number of aliphatic hydroxyl groups is 1. The van der Waals surface area contributed by atoms with Crippen molar-refractivity contribution in [1.82, 2.24) is 15.3 Å². The normalized spacial score (nSPS) is 22.8. The average Bonchev–Trinajstić information content (AvgIpc) is 3.07. The second kappa shape index (κ2) is 7.07. The van der Waals surface area contributed by atoms with E-state index in [9.17, 15) is 5.11 Å². The minimum Gasteiger partial charge on any atom is -0.394 e. The van der Waals surface area contributed by atoms with Gasteiger partial charge in [-0.1, -0.05) is 24.3 Å². The number of aliphatic hydroxyl groups excluding tert-OH is 1. The molecule has 0 radical (unpaired) electrons. The molecule has 2 heterocycles. The summed E-state index contributed by atoms with van der Waals surface area (Å²) >= 11 is 0. The van der Waals surface area contributed by atoms with Crippen LogP contribution in [0, 0.1) is 0 Å². The van der Waals surface area contributed by atoms with Gasteiger partial charge in [0, 0.05) is 37.6 Å². The van der Waals surface area contributed by atoms with E-state index in [1.807, 2.05) is 18.5 Å². The Hall–Kier alpha value is -2.02. The van der Waals surface area contributed by atoms with Crippen molar-refractivity contribution in [3.63, 3.8) is 0 Å². The van der Waals surface area contributed by atoms with E-state index in [0.29, 0.717) is 6.54 Å². The third-order valence-electron chi connectivity index (χ3n) is 5.24. The first-order valence-corrected chi connectivity index (χ1v) is 8.89. The van der Waals surface area contributed by atoms with Gasteiger partial charge in [0.2, 0.25) is 5.95 Å². The molecule has 1 unspecified atom stereocenters. The van der Waals surface area contributed by atoms with E-state index in [1.54, 1.807) is 0 Å². The Morgan fingerprint density at radius 1 is 1.16 bits per heavy atom. The minimum absolute atomic E-state index is 0.0940. The summed E-state index contributed by atoms with van der Waals surface area (Å²) in [6.07, 6.45) is 5.65. The molecule has 6 heteroatoms. The number of hydrogen-bond donors (Lipinski definition) is 2. The fourth-order valence-corrected chi connectivity index (χ4v) is 3.73. The van der Waals surface area contributed by atoms with Gasteiger partial charge in [-0.2, -0.15) is 0 Å². The number of rotatable bonds is 5. The Bertz CT molecular complexity index is 716. The summed E-state index contributed by atoms with van der Waals surface area (Å²) in [5.74, 6) is 0.759. The van der Waals surface area contributed by atoms with Crippen LogP contribution in [0.25, 0.3) is 0 Å². The highest BCUT2D eigenvalue weighted by Gasteiger charge is 2.37. The number of anilines is 1. The maximum Gasteiger partial charge on any atom is 0.225 e. The molecule has 1 atom stereocenters. The lowest BCUT2D eigenvalue weighted by Crippen LogP contribution is -2.43. The molecule has 0 amide bonds. The minimum atomic E-state index is -0.362. The SMILES string of the molecule is OCC1(NCc2cnc(N3CCOCC3)nc2)CCc2ccccc21. The van der Waals surface area contributed by atoms with Crippen molar-refractivity contribution in [1.29, 1.82) is 0 Å². The van der Waals surface area contributed by atoms with Gasteiger partial charge in [-0.25, -0.2) is 9.97 Å². The summed E-state index contributed by atoms with van der Waals surface area (Å²) in [7, 11) is 0. The van der Waals surface area contributed by atoms with E-state index in [2.05, 4.69) is 38.4 Å². The molecule has 1 aromatic carbocycles. The van der Waals surface area contributed by atoms with E-state index >= 15 is 0 Å². The average molecular weight is 340 g/mol. The Kier molecular flexibility index (Phi) is 4.65. The van der Waals surface area contributed by atoms with Gasteiger partial charge in [0.05, 0.1) is 25.4 Å². The van der Waals surface area contributed by atoms with Crippen LogP contribution in [0.2, 0.25) is 0 Å². The number of fused-ring (bicyclic) bond motifs is 1. The van der Waals surface area contributed by atoms with Gasteiger partial charge < -0.3 is 20.1 Å². The number of hydrogen-bond acceptors (Lipinski definition) is 6. The topological polar surface area (TPSA) is 70.5 Å². The Morgan fingerprint density at radius 2 is 1.92 bits per heavy atom. The van der Waals surface area contributed by atoms with Gasteiger partial charge in [0.1, 0.15) is 0 Å². The molecule has 0 spiro atoms. The van der Waals surface area contributed by atoms with Crippen LogP contribution in [0.1, 0.15) is 23.1 Å². The molecule has 1 fully saturated rings. The Balaban J connectivity index is 1.44. The van der Waals surface area contributed by atoms with E-state index < -0.39 is 0 Å². The molecule has 6 nitrogen and oxygen atoms in total. The zero-order valence-electron chi connectivity index (χ0n) is 14.3. The Morgan fingerprint density at radius 3 is 2.68 bits per heavy atom.